The summed E-state index contributed by atoms with van der Waals surface area (Å²) in [5.74, 6) is -1.56. The van der Waals surface area contributed by atoms with E-state index in [1.54, 1.807) is 13.8 Å². The van der Waals surface area contributed by atoms with Gasteiger partial charge in [0.05, 0.1) is 6.61 Å². The fourth-order valence-corrected chi connectivity index (χ4v) is 3.90. The van der Waals surface area contributed by atoms with E-state index in [2.05, 4.69) is 0 Å². The molecular weight excluding hydrogens is 538 g/mol. The average Bonchev–Trinajstić information content (AvgIpc) is 2.84. The molecule has 0 saturated carbocycles. The molecule has 0 aliphatic heterocycles. The number of carboxylic acids is 1. The topological polar surface area (TPSA) is 170 Å². The fourth-order valence-electron chi connectivity index (χ4n) is 3.90. The number of hydrogen-bond donors (Lipinski definition) is 2. The SMILES string of the molecule is CCCC(C)OC(=O)Oc1ccc(CC(N)(C[C@H](C)OC(=O)OCC(C)C)C(=O)O)cc1OC(=O)OC(C)CCC. The third-order valence-corrected chi connectivity index (χ3v) is 5.81. The first-order chi connectivity index (χ1) is 19.2. The second-order valence-corrected chi connectivity index (χ2v) is 10.6. The molecule has 1 aromatic carbocycles. The Kier molecular flexibility index (Phi) is 15.0. The van der Waals surface area contributed by atoms with Crippen LogP contribution in [0.1, 0.15) is 86.1 Å². The average molecular weight is 584 g/mol. The maximum absolute atomic E-state index is 12.5. The number of rotatable bonds is 16. The number of ether oxygens (including phenoxy) is 6. The van der Waals surface area contributed by atoms with Crippen LogP contribution in [0.2, 0.25) is 0 Å². The lowest BCUT2D eigenvalue weighted by Gasteiger charge is -2.28. The Hall–Kier alpha value is -3.54. The Balaban J connectivity index is 3.17. The first-order valence-electron chi connectivity index (χ1n) is 13.9. The van der Waals surface area contributed by atoms with Crippen molar-refractivity contribution in [2.75, 3.05) is 6.61 Å². The summed E-state index contributed by atoms with van der Waals surface area (Å²) >= 11 is 0. The van der Waals surface area contributed by atoms with Gasteiger partial charge in [-0.25, -0.2) is 14.4 Å². The minimum Gasteiger partial charge on any atom is -0.480 e. The molecule has 12 nitrogen and oxygen atoms in total. The van der Waals surface area contributed by atoms with Crippen molar-refractivity contribution >= 4 is 24.4 Å². The molecule has 0 bridgehead atoms. The molecule has 0 aliphatic carbocycles. The number of nitrogens with two attached hydrogens (primary N) is 1. The summed E-state index contributed by atoms with van der Waals surface area (Å²) in [6, 6.07) is 4.14. The lowest BCUT2D eigenvalue weighted by atomic mass is 9.86. The predicted octanol–water partition coefficient (Wildman–Crippen LogP) is 6.01. The number of carbonyl (C=O) groups excluding carboxylic acids is 3. The van der Waals surface area contributed by atoms with Crippen LogP contribution in [0.25, 0.3) is 0 Å². The Morgan fingerprint density at radius 3 is 1.80 bits per heavy atom. The first kappa shape index (κ1) is 35.5. The van der Waals surface area contributed by atoms with E-state index < -0.39 is 48.3 Å². The van der Waals surface area contributed by atoms with Crippen molar-refractivity contribution in [3.05, 3.63) is 23.8 Å². The largest absolute Gasteiger partial charge is 0.514 e. The van der Waals surface area contributed by atoms with Crippen LogP contribution in [0, 0.1) is 5.92 Å². The third-order valence-electron chi connectivity index (χ3n) is 5.81. The minimum atomic E-state index is -1.87. The second kappa shape index (κ2) is 17.3. The van der Waals surface area contributed by atoms with Crippen LogP contribution in [0.4, 0.5) is 14.4 Å². The van der Waals surface area contributed by atoms with Crippen LogP contribution in [0.5, 0.6) is 11.5 Å². The van der Waals surface area contributed by atoms with Gasteiger partial charge in [0.25, 0.3) is 0 Å². The summed E-state index contributed by atoms with van der Waals surface area (Å²) in [5, 5.41) is 9.93. The van der Waals surface area contributed by atoms with Gasteiger partial charge in [-0.3, -0.25) is 4.79 Å². The first-order valence-corrected chi connectivity index (χ1v) is 13.9. The highest BCUT2D eigenvalue weighted by Crippen LogP contribution is 2.32. The maximum Gasteiger partial charge on any atom is 0.514 e. The van der Waals surface area contributed by atoms with Crippen LogP contribution < -0.4 is 15.2 Å². The van der Waals surface area contributed by atoms with Gasteiger partial charge in [-0.15, -0.1) is 0 Å². The van der Waals surface area contributed by atoms with Gasteiger partial charge in [-0.1, -0.05) is 46.6 Å². The van der Waals surface area contributed by atoms with Crippen molar-refractivity contribution in [1.29, 1.82) is 0 Å². The second-order valence-electron chi connectivity index (χ2n) is 10.6. The highest BCUT2D eigenvalue weighted by atomic mass is 16.8. The van der Waals surface area contributed by atoms with E-state index in [0.29, 0.717) is 18.4 Å². The standard InChI is InChI=1S/C29H45NO11/c1-8-10-19(5)37-27(34)40-23-13-12-22(14-24(23)41-28(35)38-20(6)11-9-2)16-29(30,25(31)32)15-21(7)39-26(33)36-17-18(3)4/h12-14,18-21H,8-11,15-17,30H2,1-7H3,(H,31,32)/t19?,20?,21-,29?/m0/s1. The molecular formula is C29H45NO11. The number of hydrogen-bond acceptors (Lipinski definition) is 11. The van der Waals surface area contributed by atoms with E-state index in [0.717, 1.165) is 12.8 Å². The molecule has 0 spiro atoms. The smallest absolute Gasteiger partial charge is 0.480 e. The molecule has 0 fully saturated rings. The van der Waals surface area contributed by atoms with E-state index in [4.69, 9.17) is 34.2 Å². The van der Waals surface area contributed by atoms with E-state index in [1.165, 1.54) is 25.1 Å². The molecule has 0 aliphatic rings. The lowest BCUT2D eigenvalue weighted by Crippen LogP contribution is -2.52. The van der Waals surface area contributed by atoms with Crippen molar-refractivity contribution in [3.8, 4) is 11.5 Å². The van der Waals surface area contributed by atoms with Crippen molar-refractivity contribution in [2.24, 2.45) is 11.7 Å². The zero-order chi connectivity index (χ0) is 31.2. The van der Waals surface area contributed by atoms with Gasteiger partial charge in [-0.05, 0) is 57.2 Å². The number of carbonyl (C=O) groups is 4. The summed E-state index contributed by atoms with van der Waals surface area (Å²) in [7, 11) is 0. The number of carboxylic acid groups (broad SMARTS) is 1. The molecule has 0 saturated heterocycles. The summed E-state index contributed by atoms with van der Waals surface area (Å²) in [4.78, 5) is 48.9. The van der Waals surface area contributed by atoms with Crippen molar-refractivity contribution in [3.63, 3.8) is 0 Å². The predicted molar refractivity (Wildman–Crippen MR) is 149 cm³/mol. The van der Waals surface area contributed by atoms with Crippen molar-refractivity contribution < 1.29 is 52.7 Å². The summed E-state index contributed by atoms with van der Waals surface area (Å²) in [6.07, 6.45) is -2.31. The summed E-state index contributed by atoms with van der Waals surface area (Å²) in [6.45, 7) is 12.7. The van der Waals surface area contributed by atoms with Gasteiger partial charge in [0, 0.05) is 12.8 Å². The molecule has 12 heteroatoms. The highest BCUT2D eigenvalue weighted by Gasteiger charge is 2.37. The lowest BCUT2D eigenvalue weighted by molar-refractivity contribution is -0.144. The van der Waals surface area contributed by atoms with Gasteiger partial charge >= 0.3 is 24.4 Å². The quantitative estimate of drug-likeness (QED) is 0.132. The van der Waals surface area contributed by atoms with Gasteiger partial charge in [0.1, 0.15) is 23.9 Å². The Bertz CT molecular complexity index is 1010. The van der Waals surface area contributed by atoms with Crippen LogP contribution >= 0.6 is 0 Å². The molecule has 1 aromatic rings. The third kappa shape index (κ3) is 13.6. The molecule has 0 heterocycles. The van der Waals surface area contributed by atoms with Crippen molar-refractivity contribution in [2.45, 2.75) is 111 Å². The van der Waals surface area contributed by atoms with E-state index in [1.807, 2.05) is 27.7 Å². The normalized spacial score (nSPS) is 14.7. The number of benzene rings is 1. The monoisotopic (exact) mass is 583 g/mol. The molecule has 232 valence electrons. The van der Waals surface area contributed by atoms with Gasteiger partial charge in [-0.2, -0.15) is 0 Å². The van der Waals surface area contributed by atoms with E-state index >= 15 is 0 Å². The van der Waals surface area contributed by atoms with Gasteiger partial charge in [0.2, 0.25) is 0 Å². The Morgan fingerprint density at radius 1 is 0.805 bits per heavy atom. The zero-order valence-electron chi connectivity index (χ0n) is 25.1. The van der Waals surface area contributed by atoms with E-state index in [9.17, 15) is 24.3 Å². The molecule has 1 rings (SSSR count). The fraction of sp³-hybridized carbons (Fsp3) is 0.655. The summed E-state index contributed by atoms with van der Waals surface area (Å²) < 4.78 is 31.2. The molecule has 4 atom stereocenters. The number of aliphatic carboxylic acids is 1. The Morgan fingerprint density at radius 2 is 1.32 bits per heavy atom. The maximum atomic E-state index is 12.5. The molecule has 41 heavy (non-hydrogen) atoms. The van der Waals surface area contributed by atoms with Crippen LogP contribution in [0.3, 0.4) is 0 Å². The summed E-state index contributed by atoms with van der Waals surface area (Å²) in [5.41, 5.74) is 4.72. The zero-order valence-corrected chi connectivity index (χ0v) is 25.1. The van der Waals surface area contributed by atoms with Gasteiger partial charge in [0.15, 0.2) is 11.5 Å². The molecule has 0 aromatic heterocycles. The van der Waals surface area contributed by atoms with Crippen LogP contribution in [-0.2, 0) is 30.2 Å². The highest BCUT2D eigenvalue weighted by molar-refractivity contribution is 5.79. The van der Waals surface area contributed by atoms with Crippen molar-refractivity contribution in [1.82, 2.24) is 0 Å². The van der Waals surface area contributed by atoms with Crippen LogP contribution in [-0.4, -0.2) is 60.0 Å². The van der Waals surface area contributed by atoms with E-state index in [-0.39, 0.29) is 36.9 Å². The minimum absolute atomic E-state index is 0.0996. The Labute approximate surface area is 241 Å². The molecule has 0 radical (unpaired) electrons. The van der Waals surface area contributed by atoms with Crippen LogP contribution in [0.15, 0.2) is 18.2 Å². The van der Waals surface area contributed by atoms with Gasteiger partial charge < -0.3 is 39.3 Å². The molecule has 3 N–H and O–H groups in total. The molecule has 3 unspecified atom stereocenters. The molecule has 0 amide bonds.